The number of aromatic amines is 2. The molecule has 0 saturated heterocycles. The Morgan fingerprint density at radius 2 is 2.06 bits per heavy atom. The van der Waals surface area contributed by atoms with Gasteiger partial charge in [-0.2, -0.15) is 5.26 Å². The number of benzene rings is 1. The van der Waals surface area contributed by atoms with Crippen molar-refractivity contribution in [3.8, 4) is 6.07 Å². The summed E-state index contributed by atoms with van der Waals surface area (Å²) in [5, 5.41) is 8.82. The number of hydrogen-bond acceptors (Lipinski definition) is 3. The summed E-state index contributed by atoms with van der Waals surface area (Å²) in [6, 6.07) is 7.93. The van der Waals surface area contributed by atoms with Gasteiger partial charge < -0.3 is 14.9 Å². The first kappa shape index (κ1) is 11.4. The fraction of sp³-hybridized carbons (Fsp3) is 0.333. The number of fused-ring (bicyclic) bond motifs is 1. The van der Waals surface area contributed by atoms with Crippen molar-refractivity contribution in [1.82, 2.24) is 14.9 Å². The predicted octanol–water partition coefficient (Wildman–Crippen LogP) is 1.37. The van der Waals surface area contributed by atoms with Crippen molar-refractivity contribution in [3.05, 3.63) is 34.2 Å². The van der Waals surface area contributed by atoms with E-state index in [1.807, 2.05) is 37.2 Å². The van der Waals surface area contributed by atoms with Crippen LogP contribution in [0, 0.1) is 11.3 Å². The largest absolute Gasteiger partial charge is 0.323 e. The van der Waals surface area contributed by atoms with Crippen molar-refractivity contribution in [1.29, 1.82) is 5.26 Å². The Morgan fingerprint density at radius 1 is 1.35 bits per heavy atom. The van der Waals surface area contributed by atoms with Gasteiger partial charge in [-0.25, -0.2) is 4.79 Å². The number of aromatic nitrogens is 2. The summed E-state index contributed by atoms with van der Waals surface area (Å²) in [5.41, 5.74) is 2.38. The van der Waals surface area contributed by atoms with Gasteiger partial charge in [0.1, 0.15) is 0 Å². The Balaban J connectivity index is 2.47. The molecule has 0 fully saturated rings. The molecule has 1 atom stereocenters. The normalized spacial score (nSPS) is 12.8. The first-order chi connectivity index (χ1) is 8.11. The standard InChI is InChI=1S/C12H14N4O/c1-16(2)11(5-6-13)8-3-4-9-10(7-8)15-12(17)14-9/h3-4,7,11H,5H2,1-2H3,(H2,14,15,17). The van der Waals surface area contributed by atoms with Crippen molar-refractivity contribution < 1.29 is 0 Å². The van der Waals surface area contributed by atoms with Crippen LogP contribution in [0.25, 0.3) is 11.0 Å². The summed E-state index contributed by atoms with van der Waals surface area (Å²) in [7, 11) is 3.87. The van der Waals surface area contributed by atoms with Crippen LogP contribution in [-0.2, 0) is 0 Å². The molecule has 0 saturated carbocycles. The number of rotatable bonds is 3. The first-order valence-corrected chi connectivity index (χ1v) is 5.37. The van der Waals surface area contributed by atoms with Crippen LogP contribution in [-0.4, -0.2) is 29.0 Å². The van der Waals surface area contributed by atoms with Crippen LogP contribution < -0.4 is 5.69 Å². The van der Waals surface area contributed by atoms with Crippen LogP contribution in [0.5, 0.6) is 0 Å². The Morgan fingerprint density at radius 3 is 2.71 bits per heavy atom. The van der Waals surface area contributed by atoms with Crippen molar-refractivity contribution >= 4 is 11.0 Å². The van der Waals surface area contributed by atoms with E-state index in [1.165, 1.54) is 0 Å². The van der Waals surface area contributed by atoms with E-state index < -0.39 is 0 Å². The third kappa shape index (κ3) is 2.22. The van der Waals surface area contributed by atoms with E-state index in [0.717, 1.165) is 16.6 Å². The van der Waals surface area contributed by atoms with Gasteiger partial charge in [-0.15, -0.1) is 0 Å². The van der Waals surface area contributed by atoms with Crippen LogP contribution in [0.4, 0.5) is 0 Å². The molecule has 0 aliphatic rings. The van der Waals surface area contributed by atoms with Gasteiger partial charge in [-0.05, 0) is 31.8 Å². The summed E-state index contributed by atoms with van der Waals surface area (Å²) in [6.45, 7) is 0. The molecule has 5 heteroatoms. The van der Waals surface area contributed by atoms with E-state index in [1.54, 1.807) is 0 Å². The highest BCUT2D eigenvalue weighted by Crippen LogP contribution is 2.23. The second-order valence-electron chi connectivity index (χ2n) is 4.23. The second-order valence-corrected chi connectivity index (χ2v) is 4.23. The molecular formula is C12H14N4O. The maximum Gasteiger partial charge on any atom is 0.323 e. The lowest BCUT2D eigenvalue weighted by atomic mass is 10.0. The van der Waals surface area contributed by atoms with Crippen molar-refractivity contribution in [2.75, 3.05) is 14.1 Å². The summed E-state index contributed by atoms with van der Waals surface area (Å²) in [6.07, 6.45) is 0.424. The molecule has 1 unspecified atom stereocenters. The van der Waals surface area contributed by atoms with Gasteiger partial charge in [0.2, 0.25) is 0 Å². The molecule has 0 bridgehead atoms. The Bertz CT molecular complexity index is 617. The minimum Gasteiger partial charge on any atom is -0.306 e. The SMILES string of the molecule is CN(C)C(CC#N)c1ccc2[nH]c(=O)[nH]c2c1. The summed E-state index contributed by atoms with van der Waals surface area (Å²) in [4.78, 5) is 18.6. The molecule has 2 aromatic rings. The van der Waals surface area contributed by atoms with Gasteiger partial charge >= 0.3 is 5.69 Å². The van der Waals surface area contributed by atoms with Gasteiger partial charge in [0.25, 0.3) is 0 Å². The molecule has 0 spiro atoms. The van der Waals surface area contributed by atoms with Crippen LogP contribution in [0.1, 0.15) is 18.0 Å². The molecule has 0 radical (unpaired) electrons. The highest BCUT2D eigenvalue weighted by molar-refractivity contribution is 5.75. The number of nitriles is 1. The molecule has 1 aromatic heterocycles. The number of hydrogen-bond donors (Lipinski definition) is 2. The molecule has 5 nitrogen and oxygen atoms in total. The van der Waals surface area contributed by atoms with E-state index in [2.05, 4.69) is 16.0 Å². The lowest BCUT2D eigenvalue weighted by Gasteiger charge is -2.22. The smallest absolute Gasteiger partial charge is 0.306 e. The van der Waals surface area contributed by atoms with E-state index in [4.69, 9.17) is 5.26 Å². The van der Waals surface area contributed by atoms with Crippen molar-refractivity contribution in [2.45, 2.75) is 12.5 Å². The van der Waals surface area contributed by atoms with Crippen LogP contribution in [0.2, 0.25) is 0 Å². The van der Waals surface area contributed by atoms with E-state index >= 15 is 0 Å². The monoisotopic (exact) mass is 230 g/mol. The molecule has 0 aliphatic heterocycles. The van der Waals surface area contributed by atoms with Gasteiger partial charge in [-0.3, -0.25) is 0 Å². The molecule has 1 heterocycles. The topological polar surface area (TPSA) is 75.7 Å². The average Bonchev–Trinajstić information content (AvgIpc) is 2.64. The van der Waals surface area contributed by atoms with Crippen LogP contribution in [0.3, 0.4) is 0 Å². The molecule has 0 aliphatic carbocycles. The minimum absolute atomic E-state index is 0.0443. The summed E-state index contributed by atoms with van der Waals surface area (Å²) >= 11 is 0. The van der Waals surface area contributed by atoms with Gasteiger partial charge in [-0.1, -0.05) is 6.07 Å². The molecule has 0 amide bonds. The maximum atomic E-state index is 11.2. The highest BCUT2D eigenvalue weighted by atomic mass is 16.1. The fourth-order valence-electron chi connectivity index (χ4n) is 1.94. The van der Waals surface area contributed by atoms with Gasteiger partial charge in [0.05, 0.1) is 23.5 Å². The number of nitrogens with one attached hydrogen (secondary N) is 2. The zero-order valence-electron chi connectivity index (χ0n) is 9.82. The maximum absolute atomic E-state index is 11.2. The molecule has 2 rings (SSSR count). The zero-order valence-corrected chi connectivity index (χ0v) is 9.82. The number of H-pyrrole nitrogens is 2. The second kappa shape index (κ2) is 4.44. The van der Waals surface area contributed by atoms with Crippen LogP contribution in [0.15, 0.2) is 23.0 Å². The minimum atomic E-state index is -0.209. The summed E-state index contributed by atoms with van der Waals surface area (Å²) in [5.74, 6) is 0. The average molecular weight is 230 g/mol. The third-order valence-corrected chi connectivity index (χ3v) is 2.83. The van der Waals surface area contributed by atoms with Gasteiger partial charge in [0, 0.05) is 6.04 Å². The lowest BCUT2D eigenvalue weighted by molar-refractivity contribution is 0.303. The molecule has 2 N–H and O–H groups in total. The van der Waals surface area contributed by atoms with Crippen molar-refractivity contribution in [2.24, 2.45) is 0 Å². The van der Waals surface area contributed by atoms with Crippen molar-refractivity contribution in [3.63, 3.8) is 0 Å². The Kier molecular flexibility index (Phi) is 2.98. The van der Waals surface area contributed by atoms with Gasteiger partial charge in [0.15, 0.2) is 0 Å². The van der Waals surface area contributed by atoms with Crippen LogP contribution >= 0.6 is 0 Å². The van der Waals surface area contributed by atoms with E-state index in [9.17, 15) is 4.79 Å². The fourth-order valence-corrected chi connectivity index (χ4v) is 1.94. The van der Waals surface area contributed by atoms with E-state index in [0.29, 0.717) is 6.42 Å². The molecule has 88 valence electrons. The number of nitrogens with zero attached hydrogens (tertiary/aromatic N) is 2. The quantitative estimate of drug-likeness (QED) is 0.836. The number of imidazole rings is 1. The lowest BCUT2D eigenvalue weighted by Crippen LogP contribution is -2.19. The molecular weight excluding hydrogens is 216 g/mol. The predicted molar refractivity (Wildman–Crippen MR) is 65.6 cm³/mol. The molecule has 1 aromatic carbocycles. The van der Waals surface area contributed by atoms with E-state index in [-0.39, 0.29) is 11.7 Å². The zero-order chi connectivity index (χ0) is 12.4. The Labute approximate surface area is 98.7 Å². The summed E-state index contributed by atoms with van der Waals surface area (Å²) < 4.78 is 0. The Hall–Kier alpha value is -2.06. The highest BCUT2D eigenvalue weighted by Gasteiger charge is 2.14. The first-order valence-electron chi connectivity index (χ1n) is 5.37. The third-order valence-electron chi connectivity index (χ3n) is 2.83. The molecule has 17 heavy (non-hydrogen) atoms.